The number of non-ortho nitro benzene ring substituents is 1. The average Bonchev–Trinajstić information content (AvgIpc) is 2.37. The van der Waals surface area contributed by atoms with Crippen LogP contribution in [-0.4, -0.2) is 34.0 Å². The SMILES string of the molecule is C#CCN(CC(=O)O)C(C)c1cccc([N+](=O)[O-])c1. The number of nitro groups is 1. The largest absolute Gasteiger partial charge is 0.480 e. The van der Waals surface area contributed by atoms with Gasteiger partial charge >= 0.3 is 5.97 Å². The zero-order valence-electron chi connectivity index (χ0n) is 10.4. The number of hydrogen-bond donors (Lipinski definition) is 1. The van der Waals surface area contributed by atoms with Gasteiger partial charge in [0.05, 0.1) is 18.0 Å². The van der Waals surface area contributed by atoms with Crippen LogP contribution in [0.5, 0.6) is 0 Å². The molecule has 6 nitrogen and oxygen atoms in total. The molecule has 0 aliphatic rings. The molecule has 0 saturated heterocycles. The van der Waals surface area contributed by atoms with E-state index in [1.165, 1.54) is 12.1 Å². The summed E-state index contributed by atoms with van der Waals surface area (Å²) in [5.74, 6) is 1.40. The van der Waals surface area contributed by atoms with E-state index in [1.54, 1.807) is 24.0 Å². The van der Waals surface area contributed by atoms with Crippen LogP contribution in [0.3, 0.4) is 0 Å². The van der Waals surface area contributed by atoms with E-state index < -0.39 is 10.9 Å². The second-order valence-corrected chi connectivity index (χ2v) is 4.03. The molecule has 0 fully saturated rings. The van der Waals surface area contributed by atoms with Crippen LogP contribution in [-0.2, 0) is 4.79 Å². The molecule has 0 amide bonds. The normalized spacial score (nSPS) is 11.8. The molecule has 0 heterocycles. The van der Waals surface area contributed by atoms with E-state index in [4.69, 9.17) is 11.5 Å². The Morgan fingerprint density at radius 2 is 2.32 bits per heavy atom. The number of carbonyl (C=O) groups is 1. The van der Waals surface area contributed by atoms with Gasteiger partial charge in [-0.25, -0.2) is 0 Å². The summed E-state index contributed by atoms with van der Waals surface area (Å²) in [6, 6.07) is 5.78. The van der Waals surface area contributed by atoms with Gasteiger partial charge in [0.15, 0.2) is 0 Å². The first-order valence-corrected chi connectivity index (χ1v) is 5.59. The van der Waals surface area contributed by atoms with Crippen LogP contribution in [0.15, 0.2) is 24.3 Å². The summed E-state index contributed by atoms with van der Waals surface area (Å²) in [7, 11) is 0. The van der Waals surface area contributed by atoms with Crippen molar-refractivity contribution in [2.75, 3.05) is 13.1 Å². The zero-order valence-corrected chi connectivity index (χ0v) is 10.4. The summed E-state index contributed by atoms with van der Waals surface area (Å²) in [5, 5.41) is 19.5. The van der Waals surface area contributed by atoms with Gasteiger partial charge in [-0.05, 0) is 12.5 Å². The third-order valence-electron chi connectivity index (χ3n) is 2.74. The quantitative estimate of drug-likeness (QED) is 0.479. The Kier molecular flexibility index (Phi) is 5.03. The summed E-state index contributed by atoms with van der Waals surface area (Å²) >= 11 is 0. The number of hydrogen-bond acceptors (Lipinski definition) is 4. The van der Waals surface area contributed by atoms with Crippen molar-refractivity contribution in [3.63, 3.8) is 0 Å². The first-order chi connectivity index (χ1) is 8.95. The molecule has 0 aromatic heterocycles. The maximum absolute atomic E-state index is 10.8. The molecule has 1 rings (SSSR count). The lowest BCUT2D eigenvalue weighted by Gasteiger charge is -2.25. The van der Waals surface area contributed by atoms with E-state index in [9.17, 15) is 14.9 Å². The fraction of sp³-hybridized carbons (Fsp3) is 0.308. The van der Waals surface area contributed by atoms with Gasteiger partial charge < -0.3 is 5.11 Å². The number of terminal acetylenes is 1. The molecule has 1 aromatic rings. The van der Waals surface area contributed by atoms with Crippen LogP contribution in [0.2, 0.25) is 0 Å². The Hall–Kier alpha value is -2.39. The van der Waals surface area contributed by atoms with Crippen molar-refractivity contribution in [1.29, 1.82) is 0 Å². The fourth-order valence-corrected chi connectivity index (χ4v) is 1.73. The van der Waals surface area contributed by atoms with Crippen LogP contribution in [0.1, 0.15) is 18.5 Å². The van der Waals surface area contributed by atoms with Crippen LogP contribution in [0.4, 0.5) is 5.69 Å². The Balaban J connectivity index is 2.98. The highest BCUT2D eigenvalue weighted by Crippen LogP contribution is 2.23. The van der Waals surface area contributed by atoms with Gasteiger partial charge in [0.25, 0.3) is 5.69 Å². The number of benzene rings is 1. The van der Waals surface area contributed by atoms with E-state index in [0.29, 0.717) is 5.56 Å². The third-order valence-corrected chi connectivity index (χ3v) is 2.74. The molecule has 1 atom stereocenters. The second kappa shape index (κ2) is 6.52. The highest BCUT2D eigenvalue weighted by atomic mass is 16.6. The van der Waals surface area contributed by atoms with E-state index in [2.05, 4.69) is 5.92 Å². The van der Waals surface area contributed by atoms with Gasteiger partial charge in [-0.2, -0.15) is 0 Å². The molecule has 1 aromatic carbocycles. The van der Waals surface area contributed by atoms with Gasteiger partial charge in [0.1, 0.15) is 0 Å². The topological polar surface area (TPSA) is 83.7 Å². The Morgan fingerprint density at radius 1 is 1.63 bits per heavy atom. The highest BCUT2D eigenvalue weighted by Gasteiger charge is 2.19. The highest BCUT2D eigenvalue weighted by molar-refractivity contribution is 5.69. The van der Waals surface area contributed by atoms with Gasteiger partial charge in [0.2, 0.25) is 0 Å². The smallest absolute Gasteiger partial charge is 0.317 e. The first kappa shape index (κ1) is 14.7. The van der Waals surface area contributed by atoms with Gasteiger partial charge in [-0.1, -0.05) is 18.1 Å². The lowest BCUT2D eigenvalue weighted by Crippen LogP contribution is -2.32. The molecular formula is C13H14N2O4. The number of carboxylic acid groups (broad SMARTS) is 1. The number of aliphatic carboxylic acids is 1. The van der Waals surface area contributed by atoms with Crippen LogP contribution in [0.25, 0.3) is 0 Å². The summed E-state index contributed by atoms with van der Waals surface area (Å²) in [6.45, 7) is 1.71. The minimum absolute atomic E-state index is 0.0275. The molecule has 100 valence electrons. The number of nitro benzene ring substituents is 1. The average molecular weight is 262 g/mol. The lowest BCUT2D eigenvalue weighted by molar-refractivity contribution is -0.384. The predicted molar refractivity (Wildman–Crippen MR) is 69.6 cm³/mol. The standard InChI is InChI=1S/C13H14N2O4/c1-3-7-14(9-13(16)17)10(2)11-5-4-6-12(8-11)15(18)19/h1,4-6,8,10H,7,9H2,2H3,(H,16,17). The summed E-state index contributed by atoms with van der Waals surface area (Å²) in [4.78, 5) is 22.6. The summed E-state index contributed by atoms with van der Waals surface area (Å²) < 4.78 is 0. The maximum Gasteiger partial charge on any atom is 0.317 e. The van der Waals surface area contributed by atoms with E-state index >= 15 is 0 Å². The minimum atomic E-state index is -0.993. The molecule has 1 N–H and O–H groups in total. The monoisotopic (exact) mass is 262 g/mol. The maximum atomic E-state index is 10.8. The Labute approximate surface area is 110 Å². The van der Waals surface area contributed by atoms with Crippen molar-refractivity contribution in [3.05, 3.63) is 39.9 Å². The van der Waals surface area contributed by atoms with Crippen molar-refractivity contribution >= 4 is 11.7 Å². The van der Waals surface area contributed by atoms with Gasteiger partial charge in [0, 0.05) is 18.2 Å². The Bertz CT molecular complexity index is 522. The van der Waals surface area contributed by atoms with Crippen molar-refractivity contribution < 1.29 is 14.8 Å². The molecule has 0 aliphatic heterocycles. The van der Waals surface area contributed by atoms with E-state index in [-0.39, 0.29) is 24.8 Å². The Morgan fingerprint density at radius 3 is 2.84 bits per heavy atom. The lowest BCUT2D eigenvalue weighted by atomic mass is 10.1. The molecule has 0 aliphatic carbocycles. The number of nitrogens with zero attached hydrogens (tertiary/aromatic N) is 2. The van der Waals surface area contributed by atoms with Crippen LogP contribution in [0, 0.1) is 22.5 Å². The molecule has 0 spiro atoms. The van der Waals surface area contributed by atoms with E-state index in [1.807, 2.05) is 0 Å². The molecular weight excluding hydrogens is 248 g/mol. The molecule has 0 bridgehead atoms. The van der Waals surface area contributed by atoms with Crippen molar-refractivity contribution in [1.82, 2.24) is 4.90 Å². The zero-order chi connectivity index (χ0) is 14.4. The second-order valence-electron chi connectivity index (χ2n) is 4.03. The number of carboxylic acids is 1. The van der Waals surface area contributed by atoms with Crippen molar-refractivity contribution in [3.8, 4) is 12.3 Å². The van der Waals surface area contributed by atoms with Crippen LogP contribution >= 0.6 is 0 Å². The fourth-order valence-electron chi connectivity index (χ4n) is 1.73. The summed E-state index contributed by atoms with van der Waals surface area (Å²) in [6.07, 6.45) is 5.21. The van der Waals surface area contributed by atoms with Crippen LogP contribution < -0.4 is 0 Å². The predicted octanol–water partition coefficient (Wildman–Crippen LogP) is 1.68. The molecule has 0 radical (unpaired) electrons. The molecule has 6 heteroatoms. The van der Waals surface area contributed by atoms with E-state index in [0.717, 1.165) is 0 Å². The molecule has 19 heavy (non-hydrogen) atoms. The third kappa shape index (κ3) is 4.08. The molecule has 0 saturated carbocycles. The number of rotatable bonds is 6. The first-order valence-electron chi connectivity index (χ1n) is 5.59. The van der Waals surface area contributed by atoms with Crippen molar-refractivity contribution in [2.24, 2.45) is 0 Å². The van der Waals surface area contributed by atoms with Crippen molar-refractivity contribution in [2.45, 2.75) is 13.0 Å². The van der Waals surface area contributed by atoms with Gasteiger partial charge in [-0.15, -0.1) is 6.42 Å². The molecule has 1 unspecified atom stereocenters. The summed E-state index contributed by atoms with van der Waals surface area (Å²) in [5.41, 5.74) is 0.631. The van der Waals surface area contributed by atoms with Gasteiger partial charge in [-0.3, -0.25) is 19.8 Å². The minimum Gasteiger partial charge on any atom is -0.480 e.